The summed E-state index contributed by atoms with van der Waals surface area (Å²) < 4.78 is 11.3. The number of para-hydroxylation sites is 1. The summed E-state index contributed by atoms with van der Waals surface area (Å²) in [4.78, 5) is 23.2. The van der Waals surface area contributed by atoms with Gasteiger partial charge in [-0.15, -0.1) is 0 Å². The van der Waals surface area contributed by atoms with Crippen molar-refractivity contribution in [3.63, 3.8) is 0 Å². The third-order valence-electron chi connectivity index (χ3n) is 4.85. The zero-order valence-electron chi connectivity index (χ0n) is 16.2. The molecule has 0 saturated heterocycles. The standard InChI is InChI=1S/C24H16ClN3O3/c25-20-13-18(30-14-17-6-5-15-3-1-2-4-21(15)27-17)7-8-19(20)23-22(28-24(29)31-23)16-9-11-26-12-10-16/h1-13H,14H2,(H,28,29). The van der Waals surface area contributed by atoms with Crippen molar-refractivity contribution in [1.82, 2.24) is 15.0 Å². The molecule has 0 aliphatic rings. The van der Waals surface area contributed by atoms with Crippen LogP contribution in [0.4, 0.5) is 0 Å². The number of hydrogen-bond acceptors (Lipinski definition) is 5. The van der Waals surface area contributed by atoms with E-state index >= 15 is 0 Å². The molecule has 31 heavy (non-hydrogen) atoms. The topological polar surface area (TPSA) is 81.0 Å². The Morgan fingerprint density at radius 1 is 1.00 bits per heavy atom. The summed E-state index contributed by atoms with van der Waals surface area (Å²) in [5, 5.41) is 1.48. The van der Waals surface area contributed by atoms with Crippen molar-refractivity contribution >= 4 is 22.5 Å². The van der Waals surface area contributed by atoms with E-state index in [1.54, 1.807) is 42.7 Å². The number of halogens is 1. The lowest BCUT2D eigenvalue weighted by Crippen LogP contribution is -1.98. The summed E-state index contributed by atoms with van der Waals surface area (Å²) in [6, 6.07) is 20.7. The van der Waals surface area contributed by atoms with Crippen LogP contribution in [0.3, 0.4) is 0 Å². The van der Waals surface area contributed by atoms with E-state index in [0.717, 1.165) is 22.2 Å². The molecule has 1 N–H and O–H groups in total. The van der Waals surface area contributed by atoms with Gasteiger partial charge in [-0.05, 0) is 42.5 Å². The Balaban J connectivity index is 1.40. The van der Waals surface area contributed by atoms with Crippen LogP contribution in [0, 0.1) is 0 Å². The van der Waals surface area contributed by atoms with Gasteiger partial charge in [0.25, 0.3) is 0 Å². The normalized spacial score (nSPS) is 11.0. The van der Waals surface area contributed by atoms with Gasteiger partial charge in [-0.2, -0.15) is 0 Å². The number of aromatic nitrogens is 3. The maximum absolute atomic E-state index is 11.9. The lowest BCUT2D eigenvalue weighted by atomic mass is 10.1. The number of fused-ring (bicyclic) bond motifs is 1. The highest BCUT2D eigenvalue weighted by molar-refractivity contribution is 6.33. The predicted octanol–water partition coefficient (Wildman–Crippen LogP) is 5.48. The lowest BCUT2D eigenvalue weighted by molar-refractivity contribution is 0.302. The molecule has 0 radical (unpaired) electrons. The van der Waals surface area contributed by atoms with Crippen LogP contribution in [0.25, 0.3) is 33.5 Å². The first-order valence-corrected chi connectivity index (χ1v) is 9.96. The Bertz CT molecular complexity index is 1430. The first-order valence-electron chi connectivity index (χ1n) is 9.58. The van der Waals surface area contributed by atoms with Crippen LogP contribution in [0.1, 0.15) is 5.69 Å². The van der Waals surface area contributed by atoms with Crippen molar-refractivity contribution < 1.29 is 9.15 Å². The molecule has 7 heteroatoms. The molecule has 0 aliphatic carbocycles. The Morgan fingerprint density at radius 2 is 1.84 bits per heavy atom. The average molecular weight is 430 g/mol. The van der Waals surface area contributed by atoms with Gasteiger partial charge in [-0.3, -0.25) is 9.97 Å². The number of oxazole rings is 1. The van der Waals surface area contributed by atoms with E-state index in [-0.39, 0.29) is 0 Å². The third kappa shape index (κ3) is 3.93. The average Bonchev–Trinajstić information content (AvgIpc) is 3.19. The number of H-pyrrole nitrogens is 1. The Labute approximate surface area is 182 Å². The van der Waals surface area contributed by atoms with E-state index in [9.17, 15) is 4.79 Å². The van der Waals surface area contributed by atoms with Crippen LogP contribution < -0.4 is 10.5 Å². The van der Waals surface area contributed by atoms with Gasteiger partial charge in [0, 0.05) is 28.9 Å². The molecule has 6 nitrogen and oxygen atoms in total. The maximum atomic E-state index is 11.9. The monoisotopic (exact) mass is 429 g/mol. The molecule has 3 aromatic heterocycles. The minimum Gasteiger partial charge on any atom is -0.487 e. The molecule has 0 fully saturated rings. The maximum Gasteiger partial charge on any atom is 0.417 e. The van der Waals surface area contributed by atoms with Gasteiger partial charge in [-0.1, -0.05) is 35.9 Å². The van der Waals surface area contributed by atoms with Gasteiger partial charge in [0.05, 0.1) is 21.9 Å². The van der Waals surface area contributed by atoms with E-state index in [4.69, 9.17) is 20.8 Å². The van der Waals surface area contributed by atoms with Crippen LogP contribution in [-0.2, 0) is 6.61 Å². The smallest absolute Gasteiger partial charge is 0.417 e. The highest BCUT2D eigenvalue weighted by Gasteiger charge is 2.17. The number of rotatable bonds is 5. The van der Waals surface area contributed by atoms with Gasteiger partial charge in [-0.25, -0.2) is 9.78 Å². The highest BCUT2D eigenvalue weighted by atomic mass is 35.5. The second-order valence-electron chi connectivity index (χ2n) is 6.88. The minimum atomic E-state index is -0.555. The van der Waals surface area contributed by atoms with Gasteiger partial charge in [0.1, 0.15) is 12.4 Å². The van der Waals surface area contributed by atoms with Crippen molar-refractivity contribution in [3.05, 3.63) is 100 Å². The summed E-state index contributed by atoms with van der Waals surface area (Å²) in [5.41, 5.74) is 3.64. The van der Waals surface area contributed by atoms with E-state index in [1.165, 1.54) is 0 Å². The van der Waals surface area contributed by atoms with Crippen LogP contribution in [-0.4, -0.2) is 15.0 Å². The van der Waals surface area contributed by atoms with Gasteiger partial charge in [0.15, 0.2) is 5.76 Å². The summed E-state index contributed by atoms with van der Waals surface area (Å²) in [6.07, 6.45) is 3.29. The van der Waals surface area contributed by atoms with Crippen molar-refractivity contribution in [2.45, 2.75) is 6.61 Å². The fourth-order valence-electron chi connectivity index (χ4n) is 3.36. The van der Waals surface area contributed by atoms with Crippen LogP contribution >= 0.6 is 11.6 Å². The van der Waals surface area contributed by atoms with E-state index < -0.39 is 5.76 Å². The molecule has 0 bridgehead atoms. The van der Waals surface area contributed by atoms with Gasteiger partial charge < -0.3 is 9.15 Å². The van der Waals surface area contributed by atoms with Crippen molar-refractivity contribution in [1.29, 1.82) is 0 Å². The largest absolute Gasteiger partial charge is 0.487 e. The van der Waals surface area contributed by atoms with E-state index in [2.05, 4.69) is 15.0 Å². The molecule has 0 unspecified atom stereocenters. The second-order valence-corrected chi connectivity index (χ2v) is 7.29. The number of pyridine rings is 2. The Morgan fingerprint density at radius 3 is 2.68 bits per heavy atom. The molecule has 152 valence electrons. The first kappa shape index (κ1) is 19.1. The molecule has 0 amide bonds. The Hall–Kier alpha value is -3.90. The van der Waals surface area contributed by atoms with Crippen molar-refractivity contribution in [2.75, 3.05) is 0 Å². The summed E-state index contributed by atoms with van der Waals surface area (Å²) in [6.45, 7) is 0.308. The third-order valence-corrected chi connectivity index (χ3v) is 5.16. The Kier molecular flexibility index (Phi) is 4.98. The number of ether oxygens (including phenoxy) is 1. The predicted molar refractivity (Wildman–Crippen MR) is 119 cm³/mol. The fourth-order valence-corrected chi connectivity index (χ4v) is 3.61. The quantitative estimate of drug-likeness (QED) is 0.400. The molecule has 0 saturated carbocycles. The number of aromatic amines is 1. The number of hydrogen-bond donors (Lipinski definition) is 1. The molecule has 3 heterocycles. The number of nitrogens with zero attached hydrogens (tertiary/aromatic N) is 2. The molecule has 0 aliphatic heterocycles. The number of nitrogens with one attached hydrogen (secondary N) is 1. The summed E-state index contributed by atoms with van der Waals surface area (Å²) in [7, 11) is 0. The van der Waals surface area contributed by atoms with Crippen LogP contribution in [0.15, 0.2) is 88.3 Å². The van der Waals surface area contributed by atoms with E-state index in [0.29, 0.717) is 34.4 Å². The highest BCUT2D eigenvalue weighted by Crippen LogP contribution is 2.36. The summed E-state index contributed by atoms with van der Waals surface area (Å²) >= 11 is 6.51. The zero-order valence-corrected chi connectivity index (χ0v) is 17.0. The summed E-state index contributed by atoms with van der Waals surface area (Å²) in [5.74, 6) is 0.400. The van der Waals surface area contributed by atoms with Gasteiger partial charge >= 0.3 is 5.76 Å². The van der Waals surface area contributed by atoms with E-state index in [1.807, 2.05) is 36.4 Å². The first-order chi connectivity index (χ1) is 15.2. The zero-order chi connectivity index (χ0) is 21.2. The molecular formula is C24H16ClN3O3. The second kappa shape index (κ2) is 8.08. The van der Waals surface area contributed by atoms with Crippen molar-refractivity contribution in [2.24, 2.45) is 0 Å². The molecular weight excluding hydrogens is 414 g/mol. The van der Waals surface area contributed by atoms with Crippen LogP contribution in [0.2, 0.25) is 5.02 Å². The molecule has 0 spiro atoms. The molecule has 5 rings (SSSR count). The van der Waals surface area contributed by atoms with Crippen LogP contribution in [0.5, 0.6) is 5.75 Å². The van der Waals surface area contributed by atoms with Gasteiger partial charge in [0.2, 0.25) is 0 Å². The van der Waals surface area contributed by atoms with Crippen molar-refractivity contribution in [3.8, 4) is 28.3 Å². The fraction of sp³-hybridized carbons (Fsp3) is 0.0417. The molecule has 2 aromatic carbocycles. The SMILES string of the molecule is O=c1[nH]c(-c2ccncc2)c(-c2ccc(OCc3ccc4ccccc4n3)cc2Cl)o1. The lowest BCUT2D eigenvalue weighted by Gasteiger charge is -2.09. The molecule has 0 atom stereocenters. The molecule has 5 aromatic rings. The number of benzene rings is 2. The minimum absolute atomic E-state index is 0.308.